The van der Waals surface area contributed by atoms with Crippen LogP contribution in [-0.2, 0) is 9.53 Å². The Morgan fingerprint density at radius 1 is 1.35 bits per heavy atom. The Balaban J connectivity index is 2.29. The summed E-state index contributed by atoms with van der Waals surface area (Å²) in [4.78, 5) is 40.7. The number of carbonyl (C=O) groups excluding carboxylic acids is 2. The van der Waals surface area contributed by atoms with E-state index in [1.165, 1.54) is 4.57 Å². The van der Waals surface area contributed by atoms with Gasteiger partial charge < -0.3 is 10.1 Å². The highest BCUT2D eigenvalue weighted by Gasteiger charge is 2.18. The number of ether oxygens (including phenoxy) is 1. The largest absolute Gasteiger partial charge is 0.383 e. The van der Waals surface area contributed by atoms with E-state index in [0.717, 1.165) is 11.8 Å². The van der Waals surface area contributed by atoms with Gasteiger partial charge >= 0.3 is 6.03 Å². The summed E-state index contributed by atoms with van der Waals surface area (Å²) in [5.41, 5.74) is 0.372. The number of benzene rings is 1. The van der Waals surface area contributed by atoms with Crippen molar-refractivity contribution in [2.75, 3.05) is 26.0 Å². The normalized spacial score (nSPS) is 12.0. The van der Waals surface area contributed by atoms with Gasteiger partial charge in [-0.3, -0.25) is 19.5 Å². The monoisotopic (exact) mass is 378 g/mol. The lowest BCUT2D eigenvalue weighted by Crippen LogP contribution is -2.40. The standard InChI is InChI=1S/C17H22N4O4S/c1-4-18-16(24)20-14(22)10-26-17-19-13-8-6-5-7-12(13)15(23)21(17)11(2)9-25-3/h5-8,11H,4,9-10H2,1-3H3,(H2,18,20,22,24). The highest BCUT2D eigenvalue weighted by Crippen LogP contribution is 2.21. The zero-order valence-corrected chi connectivity index (χ0v) is 15.8. The van der Waals surface area contributed by atoms with Crippen LogP contribution in [0.25, 0.3) is 10.9 Å². The second-order valence-corrected chi connectivity index (χ2v) is 6.53. The average Bonchev–Trinajstić information content (AvgIpc) is 2.60. The van der Waals surface area contributed by atoms with Gasteiger partial charge in [-0.25, -0.2) is 9.78 Å². The maximum atomic E-state index is 12.9. The van der Waals surface area contributed by atoms with Crippen LogP contribution in [0.15, 0.2) is 34.2 Å². The van der Waals surface area contributed by atoms with Crippen LogP contribution in [0, 0.1) is 0 Å². The number of nitrogens with zero attached hydrogens (tertiary/aromatic N) is 2. The number of thioether (sulfide) groups is 1. The molecule has 1 unspecified atom stereocenters. The van der Waals surface area contributed by atoms with Gasteiger partial charge in [0.05, 0.1) is 29.3 Å². The first-order valence-corrected chi connectivity index (χ1v) is 9.17. The Morgan fingerprint density at radius 3 is 2.77 bits per heavy atom. The fraction of sp³-hybridized carbons (Fsp3) is 0.412. The molecular formula is C17H22N4O4S. The SMILES string of the molecule is CCNC(=O)NC(=O)CSc1nc2ccccc2c(=O)n1C(C)COC. The molecule has 26 heavy (non-hydrogen) atoms. The van der Waals surface area contributed by atoms with E-state index in [4.69, 9.17) is 4.74 Å². The van der Waals surface area contributed by atoms with Gasteiger partial charge in [0.2, 0.25) is 5.91 Å². The summed E-state index contributed by atoms with van der Waals surface area (Å²) in [7, 11) is 1.56. The van der Waals surface area contributed by atoms with Gasteiger partial charge in [-0.15, -0.1) is 0 Å². The van der Waals surface area contributed by atoms with Crippen molar-refractivity contribution in [2.45, 2.75) is 25.0 Å². The molecule has 0 saturated heterocycles. The molecule has 8 nitrogen and oxygen atoms in total. The van der Waals surface area contributed by atoms with Crippen LogP contribution in [0.2, 0.25) is 0 Å². The number of hydrogen-bond donors (Lipinski definition) is 2. The highest BCUT2D eigenvalue weighted by atomic mass is 32.2. The Hall–Kier alpha value is -2.39. The van der Waals surface area contributed by atoms with E-state index in [9.17, 15) is 14.4 Å². The first-order chi connectivity index (χ1) is 12.5. The number of fused-ring (bicyclic) bond motifs is 1. The molecule has 0 aliphatic carbocycles. The van der Waals surface area contributed by atoms with Crippen LogP contribution in [0.4, 0.5) is 4.79 Å². The summed E-state index contributed by atoms with van der Waals surface area (Å²) >= 11 is 1.10. The van der Waals surface area contributed by atoms with Gasteiger partial charge in [-0.05, 0) is 26.0 Å². The number of carbonyl (C=O) groups is 2. The van der Waals surface area contributed by atoms with Gasteiger partial charge in [-0.2, -0.15) is 0 Å². The zero-order valence-electron chi connectivity index (χ0n) is 14.9. The summed E-state index contributed by atoms with van der Waals surface area (Å²) < 4.78 is 6.68. The van der Waals surface area contributed by atoms with Crippen molar-refractivity contribution < 1.29 is 14.3 Å². The first kappa shape index (κ1) is 19.9. The van der Waals surface area contributed by atoms with Crippen LogP contribution in [-0.4, -0.2) is 47.5 Å². The molecule has 0 aliphatic heterocycles. The molecule has 2 aromatic rings. The van der Waals surface area contributed by atoms with Crippen molar-refractivity contribution in [1.82, 2.24) is 20.2 Å². The lowest BCUT2D eigenvalue weighted by molar-refractivity contribution is -0.117. The maximum absolute atomic E-state index is 12.9. The van der Waals surface area contributed by atoms with Crippen molar-refractivity contribution in [3.05, 3.63) is 34.6 Å². The predicted molar refractivity (Wildman–Crippen MR) is 101 cm³/mol. The number of amides is 3. The van der Waals surface area contributed by atoms with Gasteiger partial charge in [0.1, 0.15) is 0 Å². The van der Waals surface area contributed by atoms with Gasteiger partial charge in [-0.1, -0.05) is 23.9 Å². The molecule has 1 heterocycles. The third kappa shape index (κ3) is 4.83. The van der Waals surface area contributed by atoms with Gasteiger partial charge in [0.15, 0.2) is 5.16 Å². The van der Waals surface area contributed by atoms with E-state index in [1.54, 1.807) is 38.3 Å². The molecule has 1 atom stereocenters. The summed E-state index contributed by atoms with van der Waals surface area (Å²) in [5, 5.41) is 5.63. The zero-order chi connectivity index (χ0) is 19.1. The molecule has 0 aliphatic rings. The molecule has 3 amide bonds. The molecule has 0 fully saturated rings. The molecule has 0 saturated carbocycles. The second kappa shape index (κ2) is 9.35. The fourth-order valence-electron chi connectivity index (χ4n) is 2.43. The van der Waals surface area contributed by atoms with Crippen LogP contribution < -0.4 is 16.2 Å². The molecule has 140 valence electrons. The van der Waals surface area contributed by atoms with Crippen LogP contribution >= 0.6 is 11.8 Å². The van der Waals surface area contributed by atoms with E-state index in [2.05, 4.69) is 15.6 Å². The van der Waals surface area contributed by atoms with Gasteiger partial charge in [0, 0.05) is 13.7 Å². The van der Waals surface area contributed by atoms with Crippen molar-refractivity contribution in [3.8, 4) is 0 Å². The molecule has 1 aromatic heterocycles. The highest BCUT2D eigenvalue weighted by molar-refractivity contribution is 7.99. The molecular weight excluding hydrogens is 356 g/mol. The van der Waals surface area contributed by atoms with E-state index in [1.807, 2.05) is 6.92 Å². The van der Waals surface area contributed by atoms with Gasteiger partial charge in [0.25, 0.3) is 5.56 Å². The summed E-state index contributed by atoms with van der Waals surface area (Å²) in [6.45, 7) is 4.36. The Kier molecular flexibility index (Phi) is 7.16. The third-order valence-corrected chi connectivity index (χ3v) is 4.50. The Bertz CT molecular complexity index is 852. The molecule has 2 rings (SSSR count). The Morgan fingerprint density at radius 2 is 2.08 bits per heavy atom. The average molecular weight is 378 g/mol. The number of nitrogens with one attached hydrogen (secondary N) is 2. The second-order valence-electron chi connectivity index (χ2n) is 5.59. The maximum Gasteiger partial charge on any atom is 0.321 e. The lowest BCUT2D eigenvalue weighted by Gasteiger charge is -2.18. The number of hydrogen-bond acceptors (Lipinski definition) is 6. The molecule has 0 bridgehead atoms. The van der Waals surface area contributed by atoms with E-state index >= 15 is 0 Å². The minimum absolute atomic E-state index is 0.0401. The predicted octanol–water partition coefficient (Wildman–Crippen LogP) is 1.54. The van der Waals surface area contributed by atoms with E-state index in [0.29, 0.717) is 29.2 Å². The topological polar surface area (TPSA) is 102 Å². The minimum atomic E-state index is -0.547. The molecule has 1 aromatic carbocycles. The number of urea groups is 1. The molecule has 0 spiro atoms. The smallest absolute Gasteiger partial charge is 0.321 e. The summed E-state index contributed by atoms with van der Waals surface area (Å²) in [6.07, 6.45) is 0. The number of imide groups is 1. The van der Waals surface area contributed by atoms with Crippen molar-refractivity contribution in [1.29, 1.82) is 0 Å². The van der Waals surface area contributed by atoms with Crippen molar-refractivity contribution >= 4 is 34.6 Å². The number of rotatable bonds is 7. The number of para-hydroxylation sites is 1. The van der Waals surface area contributed by atoms with Crippen LogP contribution in [0.5, 0.6) is 0 Å². The third-order valence-electron chi connectivity index (χ3n) is 3.55. The number of methoxy groups -OCH3 is 1. The summed E-state index contributed by atoms with van der Waals surface area (Å²) in [5.74, 6) is -0.504. The quantitative estimate of drug-likeness (QED) is 0.560. The van der Waals surface area contributed by atoms with Crippen LogP contribution in [0.3, 0.4) is 0 Å². The lowest BCUT2D eigenvalue weighted by atomic mass is 10.2. The van der Waals surface area contributed by atoms with E-state index in [-0.39, 0.29) is 17.4 Å². The molecule has 2 N–H and O–H groups in total. The number of aromatic nitrogens is 2. The molecule has 9 heteroatoms. The molecule has 0 radical (unpaired) electrons. The Labute approximate surface area is 155 Å². The van der Waals surface area contributed by atoms with Crippen molar-refractivity contribution in [3.63, 3.8) is 0 Å². The fourth-order valence-corrected chi connectivity index (χ4v) is 3.33. The first-order valence-electron chi connectivity index (χ1n) is 8.18. The van der Waals surface area contributed by atoms with Crippen molar-refractivity contribution in [2.24, 2.45) is 0 Å². The van der Waals surface area contributed by atoms with Crippen LogP contribution in [0.1, 0.15) is 19.9 Å². The minimum Gasteiger partial charge on any atom is -0.383 e. The van der Waals surface area contributed by atoms with E-state index < -0.39 is 11.9 Å². The summed E-state index contributed by atoms with van der Waals surface area (Å²) in [6, 6.07) is 6.25.